The van der Waals surface area contributed by atoms with Crippen LogP contribution in [0, 0.1) is 0 Å². The van der Waals surface area contributed by atoms with E-state index >= 15 is 0 Å². The summed E-state index contributed by atoms with van der Waals surface area (Å²) in [6, 6.07) is -0.135. The van der Waals surface area contributed by atoms with Crippen LogP contribution in [0.5, 0.6) is 0 Å². The van der Waals surface area contributed by atoms with E-state index in [1.54, 1.807) is 0 Å². The first-order valence-electron chi connectivity index (χ1n) is 8.11. The van der Waals surface area contributed by atoms with Crippen LogP contribution in [0.2, 0.25) is 0 Å². The van der Waals surface area contributed by atoms with Crippen molar-refractivity contribution in [2.24, 2.45) is 0 Å². The van der Waals surface area contributed by atoms with E-state index in [1.165, 1.54) is 7.11 Å². The number of carbonyl (C=O) groups is 2. The van der Waals surface area contributed by atoms with Crippen LogP contribution in [-0.4, -0.2) is 69.9 Å². The molecule has 0 unspecified atom stereocenters. The summed E-state index contributed by atoms with van der Waals surface area (Å²) in [7, 11) is 1.38. The van der Waals surface area contributed by atoms with Crippen molar-refractivity contribution < 1.29 is 19.1 Å². The number of amides is 2. The minimum absolute atomic E-state index is 0.135. The number of hydrogen-bond donors (Lipinski definition) is 2. The van der Waals surface area contributed by atoms with Crippen LogP contribution in [0.15, 0.2) is 0 Å². The topological polar surface area (TPSA) is 79.9 Å². The van der Waals surface area contributed by atoms with Crippen LogP contribution < -0.4 is 10.6 Å². The molecule has 2 N–H and O–H groups in total. The molecule has 1 heterocycles. The molecule has 0 saturated carbocycles. The Morgan fingerprint density at radius 1 is 1.05 bits per heavy atom. The molecule has 0 spiro atoms. The van der Waals surface area contributed by atoms with Gasteiger partial charge in [-0.3, -0.25) is 9.69 Å². The Balaban J connectivity index is 1.85. The lowest BCUT2D eigenvalue weighted by Gasteiger charge is -2.26. The van der Waals surface area contributed by atoms with Gasteiger partial charge in [0.25, 0.3) is 0 Å². The standard InChI is InChI=1S/C15H29N3O4/c1-21-14(19)6-2-3-7-16-15(20)17-8-4-5-9-18-10-12-22-13-11-18/h2-13H2,1H3,(H2,16,17,20). The van der Waals surface area contributed by atoms with E-state index in [9.17, 15) is 9.59 Å². The molecule has 2 amide bonds. The summed E-state index contributed by atoms with van der Waals surface area (Å²) in [5.74, 6) is -0.204. The maximum atomic E-state index is 11.5. The van der Waals surface area contributed by atoms with Crippen molar-refractivity contribution in [3.63, 3.8) is 0 Å². The molecule has 7 heteroatoms. The van der Waals surface area contributed by atoms with Gasteiger partial charge in [-0.2, -0.15) is 0 Å². The van der Waals surface area contributed by atoms with Crippen molar-refractivity contribution in [3.8, 4) is 0 Å². The zero-order valence-electron chi connectivity index (χ0n) is 13.6. The molecule has 0 atom stereocenters. The maximum Gasteiger partial charge on any atom is 0.314 e. The number of rotatable bonds is 10. The fourth-order valence-corrected chi connectivity index (χ4v) is 2.25. The molecule has 0 aromatic heterocycles. The van der Waals surface area contributed by atoms with Crippen molar-refractivity contribution >= 4 is 12.0 Å². The summed E-state index contributed by atoms with van der Waals surface area (Å²) >= 11 is 0. The fourth-order valence-electron chi connectivity index (χ4n) is 2.25. The van der Waals surface area contributed by atoms with Gasteiger partial charge in [0, 0.05) is 32.6 Å². The Kier molecular flexibility index (Phi) is 10.4. The minimum atomic E-state index is -0.204. The monoisotopic (exact) mass is 315 g/mol. The van der Waals surface area contributed by atoms with E-state index in [1.807, 2.05) is 0 Å². The van der Waals surface area contributed by atoms with Crippen LogP contribution in [0.3, 0.4) is 0 Å². The highest BCUT2D eigenvalue weighted by Crippen LogP contribution is 1.99. The molecule has 1 saturated heterocycles. The molecule has 1 aliphatic heterocycles. The summed E-state index contributed by atoms with van der Waals surface area (Å²) in [5.41, 5.74) is 0. The van der Waals surface area contributed by atoms with Gasteiger partial charge >= 0.3 is 12.0 Å². The van der Waals surface area contributed by atoms with Crippen LogP contribution in [0.1, 0.15) is 32.1 Å². The SMILES string of the molecule is COC(=O)CCCCNC(=O)NCCCCN1CCOCC1. The molecule has 0 aromatic rings. The summed E-state index contributed by atoms with van der Waals surface area (Å²) in [4.78, 5) is 24.8. The first-order valence-corrected chi connectivity index (χ1v) is 8.11. The van der Waals surface area contributed by atoms with Crippen molar-refractivity contribution in [3.05, 3.63) is 0 Å². The zero-order valence-corrected chi connectivity index (χ0v) is 13.6. The summed E-state index contributed by atoms with van der Waals surface area (Å²) in [5, 5.41) is 5.63. The largest absolute Gasteiger partial charge is 0.469 e. The van der Waals surface area contributed by atoms with Crippen LogP contribution in [-0.2, 0) is 14.3 Å². The average molecular weight is 315 g/mol. The van der Waals surface area contributed by atoms with Crippen LogP contribution in [0.25, 0.3) is 0 Å². The number of ether oxygens (including phenoxy) is 2. The van der Waals surface area contributed by atoms with Gasteiger partial charge in [0.1, 0.15) is 0 Å². The summed E-state index contributed by atoms with van der Waals surface area (Å²) in [6.07, 6.45) is 3.97. The molecule has 0 aromatic carbocycles. The molecule has 128 valence electrons. The Labute approximate surface area is 132 Å². The lowest BCUT2D eigenvalue weighted by atomic mass is 10.2. The highest BCUT2D eigenvalue weighted by atomic mass is 16.5. The van der Waals surface area contributed by atoms with E-state index in [0.29, 0.717) is 19.5 Å². The molecule has 0 bridgehead atoms. The van der Waals surface area contributed by atoms with Gasteiger partial charge in [-0.1, -0.05) is 0 Å². The average Bonchev–Trinajstić information content (AvgIpc) is 2.55. The van der Waals surface area contributed by atoms with Gasteiger partial charge in [-0.25, -0.2) is 4.79 Å². The normalized spacial score (nSPS) is 15.3. The van der Waals surface area contributed by atoms with Crippen LogP contribution >= 0.6 is 0 Å². The number of methoxy groups -OCH3 is 1. The quantitative estimate of drug-likeness (QED) is 0.459. The number of nitrogens with zero attached hydrogens (tertiary/aromatic N) is 1. The second-order valence-electron chi connectivity index (χ2n) is 5.38. The minimum Gasteiger partial charge on any atom is -0.469 e. The number of morpholine rings is 1. The lowest BCUT2D eigenvalue weighted by Crippen LogP contribution is -2.38. The zero-order chi connectivity index (χ0) is 16.0. The number of unbranched alkanes of at least 4 members (excludes halogenated alkanes) is 2. The molecule has 22 heavy (non-hydrogen) atoms. The number of urea groups is 1. The molecule has 0 radical (unpaired) electrons. The molecule has 1 aliphatic rings. The first kappa shape index (κ1) is 18.7. The van der Waals surface area contributed by atoms with Gasteiger partial charge in [-0.15, -0.1) is 0 Å². The highest BCUT2D eigenvalue weighted by molar-refractivity contribution is 5.73. The Hall–Kier alpha value is -1.34. The fraction of sp³-hybridized carbons (Fsp3) is 0.867. The Morgan fingerprint density at radius 2 is 1.68 bits per heavy atom. The van der Waals surface area contributed by atoms with Gasteiger partial charge in [-0.05, 0) is 32.2 Å². The van der Waals surface area contributed by atoms with Gasteiger partial charge in [0.05, 0.1) is 20.3 Å². The summed E-state index contributed by atoms with van der Waals surface area (Å²) in [6.45, 7) is 6.03. The van der Waals surface area contributed by atoms with Crippen molar-refractivity contribution in [2.45, 2.75) is 32.1 Å². The molecule has 0 aliphatic carbocycles. The van der Waals surface area contributed by atoms with E-state index in [2.05, 4.69) is 20.3 Å². The smallest absolute Gasteiger partial charge is 0.314 e. The maximum absolute atomic E-state index is 11.5. The van der Waals surface area contributed by atoms with E-state index in [0.717, 1.165) is 58.5 Å². The molecule has 7 nitrogen and oxygen atoms in total. The Bertz CT molecular complexity index is 320. The lowest BCUT2D eigenvalue weighted by molar-refractivity contribution is -0.140. The molecular weight excluding hydrogens is 286 g/mol. The number of nitrogens with one attached hydrogen (secondary N) is 2. The number of hydrogen-bond acceptors (Lipinski definition) is 5. The Morgan fingerprint density at radius 3 is 2.32 bits per heavy atom. The van der Waals surface area contributed by atoms with Crippen molar-refractivity contribution in [1.29, 1.82) is 0 Å². The van der Waals surface area contributed by atoms with Crippen molar-refractivity contribution in [2.75, 3.05) is 53.0 Å². The van der Waals surface area contributed by atoms with Crippen molar-refractivity contribution in [1.82, 2.24) is 15.5 Å². The highest BCUT2D eigenvalue weighted by Gasteiger charge is 2.09. The molecule has 1 rings (SSSR count). The molecular formula is C15H29N3O4. The summed E-state index contributed by atoms with van der Waals surface area (Å²) < 4.78 is 9.85. The number of esters is 1. The molecule has 1 fully saturated rings. The second-order valence-corrected chi connectivity index (χ2v) is 5.38. The third-order valence-electron chi connectivity index (χ3n) is 3.61. The second kappa shape index (κ2) is 12.2. The third-order valence-corrected chi connectivity index (χ3v) is 3.61. The van der Waals surface area contributed by atoms with E-state index in [4.69, 9.17) is 4.74 Å². The van der Waals surface area contributed by atoms with Gasteiger partial charge in [0.2, 0.25) is 0 Å². The predicted octanol–water partition coefficient (Wildman–Crippen LogP) is 0.741. The van der Waals surface area contributed by atoms with Crippen LogP contribution in [0.4, 0.5) is 4.79 Å². The number of carbonyl (C=O) groups excluding carboxylic acids is 2. The first-order chi connectivity index (χ1) is 10.7. The van der Waals surface area contributed by atoms with Gasteiger partial charge < -0.3 is 20.1 Å². The third kappa shape index (κ3) is 9.57. The van der Waals surface area contributed by atoms with Gasteiger partial charge in [0.15, 0.2) is 0 Å². The van der Waals surface area contributed by atoms with E-state index < -0.39 is 0 Å². The predicted molar refractivity (Wildman–Crippen MR) is 83.8 cm³/mol. The van der Waals surface area contributed by atoms with E-state index in [-0.39, 0.29) is 12.0 Å².